The molecule has 4 aromatic heterocycles. The Kier molecular flexibility index (Phi) is 6.76. The number of aromatic nitrogens is 7. The van der Waals surface area contributed by atoms with Crippen molar-refractivity contribution in [3.05, 3.63) is 76.6 Å². The zero-order chi connectivity index (χ0) is 26.9. The van der Waals surface area contributed by atoms with Crippen LogP contribution in [-0.2, 0) is 18.3 Å². The van der Waals surface area contributed by atoms with E-state index in [2.05, 4.69) is 25.5 Å². The molecule has 4 heterocycles. The lowest BCUT2D eigenvalue weighted by atomic mass is 9.98. The molecule has 2 N–H and O–H groups in total. The molecule has 0 amide bonds. The van der Waals surface area contributed by atoms with Crippen molar-refractivity contribution >= 4 is 11.0 Å². The normalized spacial score (nSPS) is 13.4. The quantitative estimate of drug-likeness (QED) is 0.266. The highest BCUT2D eigenvalue weighted by molar-refractivity contribution is 5.82. The molecule has 1 aromatic carbocycles. The van der Waals surface area contributed by atoms with Gasteiger partial charge in [-0.2, -0.15) is 0 Å². The third-order valence-corrected chi connectivity index (χ3v) is 6.86. The van der Waals surface area contributed by atoms with Gasteiger partial charge in [-0.15, -0.1) is 10.2 Å². The number of pyridine rings is 1. The molecule has 39 heavy (non-hydrogen) atoms. The van der Waals surface area contributed by atoms with Crippen LogP contribution in [-0.4, -0.2) is 54.0 Å². The highest BCUT2D eigenvalue weighted by Crippen LogP contribution is 2.41. The van der Waals surface area contributed by atoms with Gasteiger partial charge in [0.1, 0.15) is 29.8 Å². The van der Waals surface area contributed by atoms with E-state index < -0.39 is 0 Å². The van der Waals surface area contributed by atoms with Gasteiger partial charge in [-0.05, 0) is 61.2 Å². The summed E-state index contributed by atoms with van der Waals surface area (Å²) in [4.78, 5) is 26.2. The maximum Gasteiger partial charge on any atom is 0.283 e. The Morgan fingerprint density at radius 3 is 2.79 bits per heavy atom. The van der Waals surface area contributed by atoms with Crippen molar-refractivity contribution < 1.29 is 9.13 Å². The number of nitrogens with one attached hydrogen (secondary N) is 2. The number of ether oxygens (including phenoxy) is 1. The zero-order valence-corrected chi connectivity index (χ0v) is 21.8. The second-order valence-corrected chi connectivity index (χ2v) is 9.72. The Hall–Kier alpha value is -4.22. The van der Waals surface area contributed by atoms with E-state index in [9.17, 15) is 9.18 Å². The molecule has 10 nitrogen and oxygen atoms in total. The van der Waals surface area contributed by atoms with E-state index in [1.807, 2.05) is 32.2 Å². The second kappa shape index (κ2) is 10.5. The lowest BCUT2D eigenvalue weighted by Gasteiger charge is -2.13. The number of rotatable bonds is 10. The van der Waals surface area contributed by atoms with Gasteiger partial charge in [-0.25, -0.2) is 18.9 Å². The van der Waals surface area contributed by atoms with Gasteiger partial charge < -0.3 is 19.6 Å². The summed E-state index contributed by atoms with van der Waals surface area (Å²) in [6.45, 7) is 4.54. The minimum atomic E-state index is -0.366. The van der Waals surface area contributed by atoms with Crippen molar-refractivity contribution in [3.8, 4) is 28.3 Å². The van der Waals surface area contributed by atoms with E-state index in [0.29, 0.717) is 60.5 Å². The lowest BCUT2D eigenvalue weighted by molar-refractivity contribution is 0.149. The molecular formula is C28H29FN8O2. The summed E-state index contributed by atoms with van der Waals surface area (Å²) in [5, 5.41) is 11.5. The molecule has 0 radical (unpaired) electrons. The fourth-order valence-electron chi connectivity index (χ4n) is 4.71. The van der Waals surface area contributed by atoms with E-state index in [1.165, 1.54) is 23.0 Å². The van der Waals surface area contributed by atoms with Gasteiger partial charge in [-0.3, -0.25) is 4.79 Å². The maximum absolute atomic E-state index is 14.3. The van der Waals surface area contributed by atoms with Gasteiger partial charge in [0, 0.05) is 49.6 Å². The lowest BCUT2D eigenvalue weighted by Crippen LogP contribution is -2.21. The molecule has 11 heteroatoms. The number of hydrogen-bond donors (Lipinski definition) is 2. The summed E-state index contributed by atoms with van der Waals surface area (Å²) < 4.78 is 22.9. The van der Waals surface area contributed by atoms with Gasteiger partial charge in [0.05, 0.1) is 12.1 Å². The van der Waals surface area contributed by atoms with Crippen molar-refractivity contribution in [2.24, 2.45) is 7.05 Å². The first-order valence-electron chi connectivity index (χ1n) is 13.1. The third-order valence-electron chi connectivity index (χ3n) is 6.86. The van der Waals surface area contributed by atoms with Gasteiger partial charge in [0.25, 0.3) is 5.56 Å². The van der Waals surface area contributed by atoms with Crippen molar-refractivity contribution in [2.75, 3.05) is 19.8 Å². The zero-order valence-electron chi connectivity index (χ0n) is 21.8. The summed E-state index contributed by atoms with van der Waals surface area (Å²) in [5.74, 6) is 0.974. The Balaban J connectivity index is 1.40. The maximum atomic E-state index is 14.3. The number of aryl methyl sites for hydroxylation is 1. The van der Waals surface area contributed by atoms with Crippen LogP contribution in [0.4, 0.5) is 4.39 Å². The average molecular weight is 529 g/mol. The van der Waals surface area contributed by atoms with Gasteiger partial charge in [-0.1, -0.05) is 6.07 Å². The fraction of sp³-hybridized carbons (Fsp3) is 0.321. The highest BCUT2D eigenvalue weighted by atomic mass is 19.1. The largest absolute Gasteiger partial charge is 0.380 e. The van der Waals surface area contributed by atoms with Crippen LogP contribution in [0, 0.1) is 5.82 Å². The predicted molar refractivity (Wildman–Crippen MR) is 145 cm³/mol. The van der Waals surface area contributed by atoms with Crippen molar-refractivity contribution in [1.82, 2.24) is 39.6 Å². The molecule has 6 rings (SSSR count). The molecule has 0 aliphatic heterocycles. The first-order chi connectivity index (χ1) is 19.0. The fourth-order valence-corrected chi connectivity index (χ4v) is 4.71. The molecule has 200 valence electrons. The van der Waals surface area contributed by atoms with E-state index >= 15 is 0 Å². The first kappa shape index (κ1) is 25.1. The number of halogens is 1. The smallest absolute Gasteiger partial charge is 0.283 e. The number of nitrogens with zero attached hydrogens (tertiary/aromatic N) is 6. The molecule has 0 bridgehead atoms. The molecule has 1 aliphatic rings. The Morgan fingerprint density at radius 2 is 2.03 bits per heavy atom. The summed E-state index contributed by atoms with van der Waals surface area (Å²) in [6, 6.07) is 10.3. The Labute approximate surface area is 223 Å². The standard InChI is InChI=1S/C28H29FN8O2/c1-3-39-9-8-30-14-20-13-24-26(33-20)28(38)37(15-31-24)25-11-18(10-23(34-25)17-4-5-17)21-7-6-19(29)12-22(21)27-35-32-16-36(27)2/h6-7,10-13,15-17,30,33H,3-5,8-9,14H2,1-2H3. The van der Waals surface area contributed by atoms with Crippen LogP contribution >= 0.6 is 0 Å². The van der Waals surface area contributed by atoms with E-state index in [-0.39, 0.29) is 11.4 Å². The van der Waals surface area contributed by atoms with Crippen LogP contribution in [0.15, 0.2) is 53.8 Å². The Bertz CT molecular complexity index is 1700. The molecule has 1 saturated carbocycles. The average Bonchev–Trinajstić information content (AvgIpc) is 3.57. The number of benzene rings is 1. The molecule has 0 atom stereocenters. The topological polar surface area (TPSA) is 116 Å². The highest BCUT2D eigenvalue weighted by Gasteiger charge is 2.27. The number of fused-ring (bicyclic) bond motifs is 1. The first-order valence-corrected chi connectivity index (χ1v) is 13.1. The second-order valence-electron chi connectivity index (χ2n) is 9.72. The summed E-state index contributed by atoms with van der Waals surface area (Å²) in [6.07, 6.45) is 5.18. The van der Waals surface area contributed by atoms with Crippen LogP contribution in [0.25, 0.3) is 39.4 Å². The van der Waals surface area contributed by atoms with Gasteiger partial charge in [0.15, 0.2) is 5.82 Å². The Morgan fingerprint density at radius 1 is 1.15 bits per heavy atom. The summed E-state index contributed by atoms with van der Waals surface area (Å²) in [7, 11) is 1.82. The van der Waals surface area contributed by atoms with Crippen molar-refractivity contribution in [2.45, 2.75) is 32.2 Å². The van der Waals surface area contributed by atoms with Gasteiger partial charge >= 0.3 is 0 Å². The summed E-state index contributed by atoms with van der Waals surface area (Å²) in [5.41, 5.74) is 4.75. The van der Waals surface area contributed by atoms with E-state index in [0.717, 1.165) is 35.4 Å². The van der Waals surface area contributed by atoms with Crippen LogP contribution in [0.3, 0.4) is 0 Å². The molecule has 0 unspecified atom stereocenters. The molecule has 0 spiro atoms. The van der Waals surface area contributed by atoms with Gasteiger partial charge in [0.2, 0.25) is 0 Å². The number of aromatic amines is 1. The number of H-pyrrole nitrogens is 1. The van der Waals surface area contributed by atoms with E-state index in [4.69, 9.17) is 9.72 Å². The molecule has 1 fully saturated rings. The molecule has 5 aromatic rings. The molecule has 1 aliphatic carbocycles. The SMILES string of the molecule is CCOCCNCc1cc2ncn(-c3cc(-c4ccc(F)cc4-c4nncn4C)cc(C4CC4)n3)c(=O)c2[nH]1. The predicted octanol–water partition coefficient (Wildman–Crippen LogP) is 3.71. The van der Waals surface area contributed by atoms with E-state index in [1.54, 1.807) is 17.0 Å². The van der Waals surface area contributed by atoms with Crippen LogP contribution in [0.1, 0.15) is 37.1 Å². The number of hydrogen-bond acceptors (Lipinski definition) is 7. The van der Waals surface area contributed by atoms with Crippen molar-refractivity contribution in [3.63, 3.8) is 0 Å². The molecule has 0 saturated heterocycles. The van der Waals surface area contributed by atoms with Crippen LogP contribution < -0.4 is 10.9 Å². The van der Waals surface area contributed by atoms with Crippen LogP contribution in [0.5, 0.6) is 0 Å². The summed E-state index contributed by atoms with van der Waals surface area (Å²) >= 11 is 0. The third kappa shape index (κ3) is 5.10. The van der Waals surface area contributed by atoms with Crippen molar-refractivity contribution in [1.29, 1.82) is 0 Å². The molecular weight excluding hydrogens is 499 g/mol. The van der Waals surface area contributed by atoms with Crippen LogP contribution in [0.2, 0.25) is 0 Å². The monoisotopic (exact) mass is 528 g/mol. The minimum absolute atomic E-state index is 0.236. The minimum Gasteiger partial charge on any atom is -0.380 e.